The second kappa shape index (κ2) is 5.91. The van der Waals surface area contributed by atoms with Crippen LogP contribution in [-0.2, 0) is 9.59 Å². The molecule has 1 saturated heterocycles. The average Bonchev–Trinajstić information content (AvgIpc) is 3.04. The van der Waals surface area contributed by atoms with Crippen LogP contribution in [0, 0.1) is 5.92 Å². The van der Waals surface area contributed by atoms with E-state index in [4.69, 9.17) is 0 Å². The number of amides is 3. The molecule has 1 aliphatic heterocycles. The highest BCUT2D eigenvalue weighted by Gasteiger charge is 2.56. The molecule has 23 heavy (non-hydrogen) atoms. The molecule has 122 valence electrons. The normalized spacial score (nSPS) is 28.5. The van der Waals surface area contributed by atoms with E-state index in [9.17, 15) is 19.5 Å². The number of rotatable bonds is 3. The molecule has 1 aromatic carbocycles. The molecule has 2 fully saturated rings. The number of para-hydroxylation sites is 1. The maximum atomic E-state index is 12.6. The Hall–Kier alpha value is -2.57. The molecule has 1 aromatic rings. The molecule has 3 N–H and O–H groups in total. The summed E-state index contributed by atoms with van der Waals surface area (Å²) in [4.78, 5) is 36.7. The van der Waals surface area contributed by atoms with Crippen LogP contribution in [0.15, 0.2) is 30.3 Å². The van der Waals surface area contributed by atoms with Gasteiger partial charge in [-0.2, -0.15) is 0 Å². The van der Waals surface area contributed by atoms with Gasteiger partial charge >= 0.3 is 6.09 Å². The van der Waals surface area contributed by atoms with Gasteiger partial charge in [0, 0.05) is 30.6 Å². The first-order valence-corrected chi connectivity index (χ1v) is 7.61. The topological polar surface area (TPSA) is 98.7 Å². The SMILES string of the molecule is CC(=O)N[C@@H]1C[C@H]2C[C@H]1[C@@H](C(=O)Nc1ccccc1)N2C(=O)O. The van der Waals surface area contributed by atoms with Gasteiger partial charge in [0.2, 0.25) is 11.8 Å². The van der Waals surface area contributed by atoms with E-state index in [1.165, 1.54) is 11.8 Å². The number of fused-ring (bicyclic) bond motifs is 2. The molecule has 2 aliphatic rings. The summed E-state index contributed by atoms with van der Waals surface area (Å²) in [7, 11) is 0. The number of piperidine rings is 1. The second-order valence-electron chi connectivity index (χ2n) is 6.09. The molecule has 1 heterocycles. The molecule has 3 amide bonds. The number of anilines is 1. The predicted octanol–water partition coefficient (Wildman–Crippen LogP) is 1.27. The molecule has 7 heteroatoms. The van der Waals surface area contributed by atoms with E-state index in [2.05, 4.69) is 10.6 Å². The van der Waals surface area contributed by atoms with Gasteiger partial charge in [-0.1, -0.05) is 18.2 Å². The van der Waals surface area contributed by atoms with Gasteiger partial charge in [-0.25, -0.2) is 4.79 Å². The summed E-state index contributed by atoms with van der Waals surface area (Å²) in [5.41, 5.74) is 0.627. The number of nitrogens with one attached hydrogen (secondary N) is 2. The van der Waals surface area contributed by atoms with Crippen LogP contribution in [-0.4, -0.2) is 46.0 Å². The molecule has 1 saturated carbocycles. The van der Waals surface area contributed by atoms with Crippen molar-refractivity contribution < 1.29 is 19.5 Å². The van der Waals surface area contributed by atoms with Crippen LogP contribution in [0.5, 0.6) is 0 Å². The van der Waals surface area contributed by atoms with Crippen LogP contribution in [0.4, 0.5) is 10.5 Å². The Morgan fingerprint density at radius 1 is 1.17 bits per heavy atom. The summed E-state index contributed by atoms with van der Waals surface area (Å²) in [6.07, 6.45) is 0.0717. The fourth-order valence-electron chi connectivity index (χ4n) is 3.81. The average molecular weight is 317 g/mol. The lowest BCUT2D eigenvalue weighted by molar-refractivity contribution is -0.124. The van der Waals surface area contributed by atoms with Crippen molar-refractivity contribution in [1.29, 1.82) is 0 Å². The summed E-state index contributed by atoms with van der Waals surface area (Å²) < 4.78 is 0. The van der Waals surface area contributed by atoms with Crippen LogP contribution in [0.3, 0.4) is 0 Å². The van der Waals surface area contributed by atoms with Crippen molar-refractivity contribution in [2.75, 3.05) is 5.32 Å². The smallest absolute Gasteiger partial charge is 0.408 e. The van der Waals surface area contributed by atoms with Crippen molar-refractivity contribution in [3.8, 4) is 0 Å². The molecule has 0 spiro atoms. The number of carboxylic acid groups (broad SMARTS) is 1. The van der Waals surface area contributed by atoms with Crippen molar-refractivity contribution in [3.05, 3.63) is 30.3 Å². The van der Waals surface area contributed by atoms with E-state index < -0.39 is 12.1 Å². The fourth-order valence-corrected chi connectivity index (χ4v) is 3.81. The Balaban J connectivity index is 1.80. The number of nitrogens with zero attached hydrogens (tertiary/aromatic N) is 1. The van der Waals surface area contributed by atoms with Gasteiger partial charge in [0.05, 0.1) is 0 Å². The van der Waals surface area contributed by atoms with Crippen LogP contribution in [0.25, 0.3) is 0 Å². The van der Waals surface area contributed by atoms with Gasteiger partial charge in [-0.3, -0.25) is 14.5 Å². The van der Waals surface area contributed by atoms with E-state index in [1.54, 1.807) is 24.3 Å². The molecule has 4 atom stereocenters. The van der Waals surface area contributed by atoms with E-state index in [0.29, 0.717) is 18.5 Å². The Morgan fingerprint density at radius 2 is 1.87 bits per heavy atom. The minimum Gasteiger partial charge on any atom is -0.465 e. The first kappa shape index (κ1) is 15.3. The highest BCUT2D eigenvalue weighted by atomic mass is 16.4. The number of hydrogen-bond donors (Lipinski definition) is 3. The monoisotopic (exact) mass is 317 g/mol. The molecule has 1 aliphatic carbocycles. The van der Waals surface area contributed by atoms with E-state index in [0.717, 1.165) is 0 Å². The summed E-state index contributed by atoms with van der Waals surface area (Å²) in [6, 6.07) is 7.78. The highest BCUT2D eigenvalue weighted by molar-refractivity contribution is 5.97. The third kappa shape index (κ3) is 2.86. The number of carbonyl (C=O) groups excluding carboxylic acids is 2. The highest BCUT2D eigenvalue weighted by Crippen LogP contribution is 2.43. The maximum Gasteiger partial charge on any atom is 0.408 e. The van der Waals surface area contributed by atoms with Crippen molar-refractivity contribution >= 4 is 23.6 Å². The predicted molar refractivity (Wildman–Crippen MR) is 82.8 cm³/mol. The zero-order chi connectivity index (χ0) is 16.6. The molecule has 0 aromatic heterocycles. The quantitative estimate of drug-likeness (QED) is 0.782. The van der Waals surface area contributed by atoms with Crippen LogP contribution in [0.2, 0.25) is 0 Å². The van der Waals surface area contributed by atoms with Gasteiger partial charge in [0.1, 0.15) is 6.04 Å². The first-order chi connectivity index (χ1) is 11.0. The van der Waals surface area contributed by atoms with Gasteiger partial charge in [0.25, 0.3) is 0 Å². The van der Waals surface area contributed by atoms with Crippen molar-refractivity contribution in [2.45, 2.75) is 37.9 Å². The lowest BCUT2D eigenvalue weighted by Gasteiger charge is -2.36. The lowest BCUT2D eigenvalue weighted by atomic mass is 9.93. The van der Waals surface area contributed by atoms with Gasteiger partial charge in [0.15, 0.2) is 0 Å². The van der Waals surface area contributed by atoms with E-state index in [1.807, 2.05) is 6.07 Å². The number of benzene rings is 1. The Morgan fingerprint density at radius 3 is 2.48 bits per heavy atom. The molecule has 2 bridgehead atoms. The molecular weight excluding hydrogens is 298 g/mol. The van der Waals surface area contributed by atoms with Crippen molar-refractivity contribution in [2.24, 2.45) is 5.92 Å². The van der Waals surface area contributed by atoms with Crippen molar-refractivity contribution in [3.63, 3.8) is 0 Å². The standard InChI is InChI=1S/C16H19N3O4/c1-9(20)17-13-8-11-7-12(13)14(19(11)16(22)23)15(21)18-10-5-3-2-4-6-10/h2-6,11-14H,7-8H2,1H3,(H,17,20)(H,18,21)(H,22,23)/t11-,12-,13-,14+/m1/s1. The maximum absolute atomic E-state index is 12.6. The van der Waals surface area contributed by atoms with Crippen LogP contribution in [0.1, 0.15) is 19.8 Å². The van der Waals surface area contributed by atoms with Crippen LogP contribution >= 0.6 is 0 Å². The number of hydrogen-bond acceptors (Lipinski definition) is 3. The summed E-state index contributed by atoms with van der Waals surface area (Å²) in [5.74, 6) is -0.698. The van der Waals surface area contributed by atoms with Gasteiger partial charge < -0.3 is 15.7 Å². The molecule has 3 rings (SSSR count). The minimum absolute atomic E-state index is 0.153. The van der Waals surface area contributed by atoms with Gasteiger partial charge in [-0.15, -0.1) is 0 Å². The minimum atomic E-state index is -1.09. The lowest BCUT2D eigenvalue weighted by Crippen LogP contribution is -2.56. The molecule has 7 nitrogen and oxygen atoms in total. The molecule has 0 unspecified atom stereocenters. The summed E-state index contributed by atoms with van der Waals surface area (Å²) >= 11 is 0. The van der Waals surface area contributed by atoms with Crippen molar-refractivity contribution in [1.82, 2.24) is 10.2 Å². The number of likely N-dealkylation sites (tertiary alicyclic amines) is 1. The van der Waals surface area contributed by atoms with E-state index >= 15 is 0 Å². The Labute approximate surface area is 133 Å². The molecular formula is C16H19N3O4. The third-order valence-electron chi connectivity index (χ3n) is 4.61. The summed E-state index contributed by atoms with van der Waals surface area (Å²) in [6.45, 7) is 1.43. The van der Waals surface area contributed by atoms with E-state index in [-0.39, 0.29) is 29.8 Å². The first-order valence-electron chi connectivity index (χ1n) is 7.61. The fraction of sp³-hybridized carbons (Fsp3) is 0.438. The Bertz CT molecular complexity index is 633. The second-order valence-corrected chi connectivity index (χ2v) is 6.09. The number of carbonyl (C=O) groups is 3. The molecule has 0 radical (unpaired) electrons. The zero-order valence-corrected chi connectivity index (χ0v) is 12.7. The Kier molecular flexibility index (Phi) is 3.94. The van der Waals surface area contributed by atoms with Gasteiger partial charge in [-0.05, 0) is 25.0 Å². The third-order valence-corrected chi connectivity index (χ3v) is 4.61. The largest absolute Gasteiger partial charge is 0.465 e. The zero-order valence-electron chi connectivity index (χ0n) is 12.7. The van der Waals surface area contributed by atoms with Crippen LogP contribution < -0.4 is 10.6 Å². The summed E-state index contributed by atoms with van der Waals surface area (Å²) in [5, 5.41) is 15.1.